The number of nitrogens with zero attached hydrogens (tertiary/aromatic N) is 2. The van der Waals surface area contributed by atoms with Crippen molar-refractivity contribution in [2.75, 3.05) is 5.32 Å². The molecule has 110 valence electrons. The van der Waals surface area contributed by atoms with Crippen LogP contribution in [0.4, 0.5) is 5.69 Å². The number of rotatable bonds is 4. The molecule has 0 aliphatic carbocycles. The third-order valence-corrected chi connectivity index (χ3v) is 3.25. The van der Waals surface area contributed by atoms with Crippen LogP contribution >= 0.6 is 0 Å². The molecule has 1 atom stereocenters. The number of fused-ring (bicyclic) bond motifs is 1. The largest absolute Gasteiger partial charge is 0.409 e. The summed E-state index contributed by atoms with van der Waals surface area (Å²) in [6.07, 6.45) is 1.72. The second-order valence-electron chi connectivity index (χ2n) is 5.15. The third kappa shape index (κ3) is 3.28. The van der Waals surface area contributed by atoms with Gasteiger partial charge in [-0.1, -0.05) is 25.1 Å². The lowest BCUT2D eigenvalue weighted by Gasteiger charge is -2.18. The summed E-state index contributed by atoms with van der Waals surface area (Å²) in [5, 5.41) is 15.5. The normalized spacial score (nSPS) is 13.4. The van der Waals surface area contributed by atoms with Gasteiger partial charge in [-0.25, -0.2) is 0 Å². The van der Waals surface area contributed by atoms with Gasteiger partial charge in [-0.15, -0.1) is 0 Å². The zero-order valence-corrected chi connectivity index (χ0v) is 11.9. The van der Waals surface area contributed by atoms with E-state index in [1.54, 1.807) is 12.3 Å². The molecule has 0 spiro atoms. The van der Waals surface area contributed by atoms with E-state index in [1.807, 2.05) is 38.1 Å². The first kappa shape index (κ1) is 14.8. The molecule has 0 aliphatic heterocycles. The Balaban J connectivity index is 2.24. The summed E-state index contributed by atoms with van der Waals surface area (Å²) < 4.78 is 0. The molecule has 0 fully saturated rings. The molecule has 21 heavy (non-hydrogen) atoms. The summed E-state index contributed by atoms with van der Waals surface area (Å²) in [5.74, 6) is -1.16. The van der Waals surface area contributed by atoms with Gasteiger partial charge in [0.05, 0.1) is 5.52 Å². The minimum absolute atomic E-state index is 0.0805. The molecule has 1 amide bonds. The summed E-state index contributed by atoms with van der Waals surface area (Å²) >= 11 is 0. The molecule has 0 radical (unpaired) electrons. The number of oxime groups is 1. The van der Waals surface area contributed by atoms with Crippen LogP contribution in [0.2, 0.25) is 0 Å². The third-order valence-electron chi connectivity index (χ3n) is 3.25. The van der Waals surface area contributed by atoms with Gasteiger partial charge in [-0.2, -0.15) is 0 Å². The maximum absolute atomic E-state index is 12.3. The Morgan fingerprint density at radius 1 is 1.38 bits per heavy atom. The van der Waals surface area contributed by atoms with E-state index in [1.165, 1.54) is 0 Å². The highest BCUT2D eigenvalue weighted by molar-refractivity contribution is 6.08. The number of amides is 1. The van der Waals surface area contributed by atoms with Crippen LogP contribution in [0.25, 0.3) is 10.9 Å². The van der Waals surface area contributed by atoms with Gasteiger partial charge in [0.2, 0.25) is 5.91 Å². The van der Waals surface area contributed by atoms with E-state index in [0.29, 0.717) is 5.69 Å². The Morgan fingerprint density at radius 2 is 2.14 bits per heavy atom. The zero-order chi connectivity index (χ0) is 15.4. The Labute approximate surface area is 122 Å². The fraction of sp³-hybridized carbons (Fsp3) is 0.267. The molecule has 1 heterocycles. The van der Waals surface area contributed by atoms with Gasteiger partial charge in [0.15, 0.2) is 5.84 Å². The number of pyridine rings is 1. The molecule has 6 nitrogen and oxygen atoms in total. The zero-order valence-electron chi connectivity index (χ0n) is 11.9. The molecular weight excluding hydrogens is 268 g/mol. The lowest BCUT2D eigenvalue weighted by atomic mass is 9.93. The van der Waals surface area contributed by atoms with E-state index >= 15 is 0 Å². The van der Waals surface area contributed by atoms with Crippen LogP contribution in [-0.2, 0) is 4.79 Å². The van der Waals surface area contributed by atoms with Gasteiger partial charge in [-0.3, -0.25) is 9.78 Å². The van der Waals surface area contributed by atoms with Crippen molar-refractivity contribution in [3.05, 3.63) is 36.5 Å². The minimum Gasteiger partial charge on any atom is -0.409 e. The maximum Gasteiger partial charge on any atom is 0.235 e. The number of hydrogen-bond donors (Lipinski definition) is 3. The van der Waals surface area contributed by atoms with Crippen molar-refractivity contribution in [1.29, 1.82) is 0 Å². The van der Waals surface area contributed by atoms with Crippen LogP contribution in [0.5, 0.6) is 0 Å². The van der Waals surface area contributed by atoms with Crippen molar-refractivity contribution in [1.82, 2.24) is 4.98 Å². The number of carbonyl (C=O) groups excluding carboxylic acids is 1. The predicted molar refractivity (Wildman–Crippen MR) is 82.1 cm³/mol. The number of nitrogens with two attached hydrogens (primary N) is 1. The summed E-state index contributed by atoms with van der Waals surface area (Å²) in [6.45, 7) is 3.68. The molecule has 1 unspecified atom stereocenters. The van der Waals surface area contributed by atoms with Crippen molar-refractivity contribution < 1.29 is 10.0 Å². The van der Waals surface area contributed by atoms with Crippen LogP contribution in [0.3, 0.4) is 0 Å². The number of aromatic nitrogens is 1. The first-order valence-electron chi connectivity index (χ1n) is 6.66. The molecular formula is C15H18N4O2. The first-order chi connectivity index (χ1) is 10.0. The van der Waals surface area contributed by atoms with Gasteiger partial charge >= 0.3 is 0 Å². The number of anilines is 1. The quantitative estimate of drug-likeness (QED) is 0.347. The molecule has 1 aromatic heterocycles. The summed E-state index contributed by atoms with van der Waals surface area (Å²) in [6, 6.07) is 9.20. The average Bonchev–Trinajstić information content (AvgIpc) is 2.46. The number of benzene rings is 1. The number of amidine groups is 1. The van der Waals surface area contributed by atoms with Gasteiger partial charge in [-0.05, 0) is 30.2 Å². The lowest BCUT2D eigenvalue weighted by Crippen LogP contribution is -2.38. The molecule has 4 N–H and O–H groups in total. The lowest BCUT2D eigenvalue weighted by molar-refractivity contribution is -0.119. The van der Waals surface area contributed by atoms with Crippen molar-refractivity contribution in [2.45, 2.75) is 13.8 Å². The average molecular weight is 286 g/mol. The van der Waals surface area contributed by atoms with Gasteiger partial charge in [0, 0.05) is 17.3 Å². The summed E-state index contributed by atoms with van der Waals surface area (Å²) in [7, 11) is 0. The number of carbonyl (C=O) groups is 1. The molecule has 2 rings (SSSR count). The number of nitrogens with one attached hydrogen (secondary N) is 1. The van der Waals surface area contributed by atoms with Gasteiger partial charge in [0.1, 0.15) is 5.92 Å². The van der Waals surface area contributed by atoms with Gasteiger partial charge in [0.25, 0.3) is 0 Å². The monoisotopic (exact) mass is 286 g/mol. The molecule has 0 aliphatic rings. The number of hydrogen-bond acceptors (Lipinski definition) is 4. The van der Waals surface area contributed by atoms with Gasteiger partial charge < -0.3 is 16.3 Å². The smallest absolute Gasteiger partial charge is 0.235 e. The Morgan fingerprint density at radius 3 is 2.81 bits per heavy atom. The second-order valence-corrected chi connectivity index (χ2v) is 5.15. The minimum atomic E-state index is -0.681. The van der Waals surface area contributed by atoms with Crippen molar-refractivity contribution in [3.63, 3.8) is 0 Å². The van der Waals surface area contributed by atoms with Crippen LogP contribution < -0.4 is 11.1 Å². The van der Waals surface area contributed by atoms with Crippen molar-refractivity contribution in [2.24, 2.45) is 22.7 Å². The fourth-order valence-corrected chi connectivity index (χ4v) is 2.21. The van der Waals surface area contributed by atoms with Crippen LogP contribution in [0.1, 0.15) is 13.8 Å². The predicted octanol–water partition coefficient (Wildman–Crippen LogP) is 2.19. The molecule has 6 heteroatoms. The summed E-state index contributed by atoms with van der Waals surface area (Å²) in [5.41, 5.74) is 7.10. The highest BCUT2D eigenvalue weighted by atomic mass is 16.4. The highest BCUT2D eigenvalue weighted by Gasteiger charge is 2.26. The maximum atomic E-state index is 12.3. The Bertz CT molecular complexity index is 682. The molecule has 0 saturated carbocycles. The molecule has 1 aromatic carbocycles. The van der Waals surface area contributed by atoms with Crippen LogP contribution in [0, 0.1) is 11.8 Å². The topological polar surface area (TPSA) is 101 Å². The second kappa shape index (κ2) is 6.21. The molecule has 0 saturated heterocycles. The Kier molecular flexibility index (Phi) is 4.37. The van der Waals surface area contributed by atoms with E-state index in [4.69, 9.17) is 10.9 Å². The summed E-state index contributed by atoms with van der Waals surface area (Å²) in [4.78, 5) is 16.5. The molecule has 2 aromatic rings. The van der Waals surface area contributed by atoms with E-state index < -0.39 is 5.92 Å². The molecule has 0 bridgehead atoms. The fourth-order valence-electron chi connectivity index (χ4n) is 2.21. The van der Waals surface area contributed by atoms with E-state index in [-0.39, 0.29) is 17.7 Å². The first-order valence-corrected chi connectivity index (χ1v) is 6.66. The van der Waals surface area contributed by atoms with Crippen molar-refractivity contribution >= 4 is 28.3 Å². The highest BCUT2D eigenvalue weighted by Crippen LogP contribution is 2.19. The Hall–Kier alpha value is -2.63. The van der Waals surface area contributed by atoms with E-state index in [9.17, 15) is 4.79 Å². The van der Waals surface area contributed by atoms with Crippen LogP contribution in [-0.4, -0.2) is 21.9 Å². The standard InChI is InChI=1S/C15H18N4O2/c1-9(2)13(14(16)19-21)15(20)18-11-5-6-12-10(8-11)4-3-7-17-12/h3-9,13,21H,1-2H3,(H2,16,19)(H,18,20). The van der Waals surface area contributed by atoms with E-state index in [2.05, 4.69) is 15.5 Å². The SMILES string of the molecule is CC(C)C(C(=O)Nc1ccc2ncccc2c1)C(N)=NO. The van der Waals surface area contributed by atoms with Crippen LogP contribution in [0.15, 0.2) is 41.7 Å². The van der Waals surface area contributed by atoms with Crippen molar-refractivity contribution in [3.8, 4) is 0 Å². The van der Waals surface area contributed by atoms with E-state index in [0.717, 1.165) is 10.9 Å².